The number of hydrogen-bond acceptors (Lipinski definition) is 2. The lowest BCUT2D eigenvalue weighted by atomic mass is 10.3. The maximum atomic E-state index is 8.72. The van der Waals surface area contributed by atoms with Crippen LogP contribution in [-0.2, 0) is 0 Å². The Morgan fingerprint density at radius 1 is 1.42 bits per heavy atom. The van der Waals surface area contributed by atoms with E-state index in [0.29, 0.717) is 0 Å². The van der Waals surface area contributed by atoms with Gasteiger partial charge in [-0.25, -0.2) is 0 Å². The van der Waals surface area contributed by atoms with Gasteiger partial charge in [0.25, 0.3) is 0 Å². The Bertz CT molecular complexity index is 233. The van der Waals surface area contributed by atoms with E-state index in [1.165, 1.54) is 0 Å². The van der Waals surface area contributed by atoms with Crippen LogP contribution in [0.5, 0.6) is 5.75 Å². The topological polar surface area (TPSA) is 29.5 Å². The molecule has 0 fully saturated rings. The zero-order valence-electron chi connectivity index (χ0n) is 6.83. The minimum atomic E-state index is -0.147. The molecule has 0 aromatic heterocycles. The van der Waals surface area contributed by atoms with Crippen LogP contribution in [0.3, 0.4) is 0 Å². The van der Waals surface area contributed by atoms with Gasteiger partial charge in [0.05, 0.1) is 6.61 Å². The summed E-state index contributed by atoms with van der Waals surface area (Å²) in [5.74, 6) is 0.778. The number of benzene rings is 1. The van der Waals surface area contributed by atoms with E-state index in [0.717, 1.165) is 10.2 Å². The molecule has 0 aliphatic rings. The first-order valence-electron chi connectivity index (χ1n) is 3.75. The fourth-order valence-electron chi connectivity index (χ4n) is 0.783. The summed E-state index contributed by atoms with van der Waals surface area (Å²) in [7, 11) is 0. The molecule has 0 aliphatic carbocycles. The van der Waals surface area contributed by atoms with Crippen LogP contribution >= 0.6 is 15.9 Å². The highest BCUT2D eigenvalue weighted by molar-refractivity contribution is 9.10. The van der Waals surface area contributed by atoms with E-state index in [9.17, 15) is 0 Å². The van der Waals surface area contributed by atoms with Gasteiger partial charge in [0.2, 0.25) is 0 Å². The highest BCUT2D eigenvalue weighted by Gasteiger charge is 2.00. The van der Waals surface area contributed by atoms with Gasteiger partial charge in [-0.2, -0.15) is 0 Å². The van der Waals surface area contributed by atoms with Crippen molar-refractivity contribution in [1.29, 1.82) is 0 Å². The number of halogens is 1. The summed E-state index contributed by atoms with van der Waals surface area (Å²) < 4.78 is 6.37. The molecule has 1 aromatic rings. The second-order valence-corrected chi connectivity index (χ2v) is 3.48. The van der Waals surface area contributed by atoms with E-state index in [2.05, 4.69) is 15.9 Å². The van der Waals surface area contributed by atoms with Gasteiger partial charge in [-0.15, -0.1) is 0 Å². The Balaban J connectivity index is 2.58. The summed E-state index contributed by atoms with van der Waals surface area (Å²) in [5, 5.41) is 8.72. The van der Waals surface area contributed by atoms with Crippen LogP contribution in [-0.4, -0.2) is 17.8 Å². The van der Waals surface area contributed by atoms with Crippen LogP contribution in [0.1, 0.15) is 6.92 Å². The van der Waals surface area contributed by atoms with Crippen LogP contribution in [0.4, 0.5) is 0 Å². The third-order valence-corrected chi connectivity index (χ3v) is 1.94. The fraction of sp³-hybridized carbons (Fsp3) is 0.333. The third kappa shape index (κ3) is 2.83. The smallest absolute Gasteiger partial charge is 0.119 e. The van der Waals surface area contributed by atoms with E-state index < -0.39 is 0 Å². The summed E-state index contributed by atoms with van der Waals surface area (Å²) in [6.07, 6.45) is -0.147. The van der Waals surface area contributed by atoms with Crippen molar-refractivity contribution < 1.29 is 9.84 Å². The van der Waals surface area contributed by atoms with Crippen molar-refractivity contribution in [3.8, 4) is 5.75 Å². The van der Waals surface area contributed by atoms with Gasteiger partial charge in [0.1, 0.15) is 11.9 Å². The Labute approximate surface area is 80.3 Å². The van der Waals surface area contributed by atoms with Gasteiger partial charge >= 0.3 is 0 Å². The normalized spacial score (nSPS) is 12.6. The minimum Gasteiger partial charge on any atom is -0.488 e. The molecule has 0 saturated carbocycles. The number of aliphatic hydroxyl groups excluding tert-OH is 1. The molecule has 66 valence electrons. The number of aliphatic hydroxyl groups is 1. The third-order valence-electron chi connectivity index (χ3n) is 1.41. The zero-order valence-corrected chi connectivity index (χ0v) is 8.41. The summed E-state index contributed by atoms with van der Waals surface area (Å²) in [6.45, 7) is 1.86. The standard InChI is InChI=1S/C9H11BrO2/c1-7(6-11)12-9-4-2-8(10)3-5-9/h2-5,7,11H,6H2,1H3. The molecule has 1 atom stereocenters. The lowest BCUT2D eigenvalue weighted by molar-refractivity contribution is 0.129. The molecule has 0 amide bonds. The van der Waals surface area contributed by atoms with Crippen molar-refractivity contribution in [2.45, 2.75) is 13.0 Å². The average Bonchev–Trinajstić information content (AvgIpc) is 2.09. The van der Waals surface area contributed by atoms with Crippen molar-refractivity contribution in [3.63, 3.8) is 0 Å². The number of ether oxygens (including phenoxy) is 1. The average molecular weight is 231 g/mol. The van der Waals surface area contributed by atoms with E-state index in [-0.39, 0.29) is 12.7 Å². The molecule has 0 saturated heterocycles. The van der Waals surface area contributed by atoms with Gasteiger partial charge in [-0.1, -0.05) is 15.9 Å². The summed E-state index contributed by atoms with van der Waals surface area (Å²) >= 11 is 3.32. The van der Waals surface area contributed by atoms with Crippen LogP contribution in [0, 0.1) is 0 Å². The van der Waals surface area contributed by atoms with Crippen LogP contribution < -0.4 is 4.74 Å². The van der Waals surface area contributed by atoms with E-state index in [1.54, 1.807) is 0 Å². The molecule has 0 spiro atoms. The quantitative estimate of drug-likeness (QED) is 0.864. The monoisotopic (exact) mass is 230 g/mol. The molecule has 1 unspecified atom stereocenters. The van der Waals surface area contributed by atoms with Gasteiger partial charge in [0.15, 0.2) is 0 Å². The molecule has 1 rings (SSSR count). The molecule has 1 N–H and O–H groups in total. The molecule has 2 nitrogen and oxygen atoms in total. The molecule has 0 radical (unpaired) electrons. The molecular formula is C9H11BrO2. The first kappa shape index (κ1) is 9.55. The fourth-order valence-corrected chi connectivity index (χ4v) is 1.05. The van der Waals surface area contributed by atoms with E-state index >= 15 is 0 Å². The summed E-state index contributed by atoms with van der Waals surface area (Å²) in [4.78, 5) is 0. The maximum Gasteiger partial charge on any atom is 0.119 e. The molecule has 0 aliphatic heterocycles. The van der Waals surface area contributed by atoms with Crippen molar-refractivity contribution in [1.82, 2.24) is 0 Å². The number of hydrogen-bond donors (Lipinski definition) is 1. The van der Waals surface area contributed by atoms with Gasteiger partial charge in [-0.3, -0.25) is 0 Å². The largest absolute Gasteiger partial charge is 0.488 e. The molecule has 3 heteroatoms. The van der Waals surface area contributed by atoms with Crippen molar-refractivity contribution in [3.05, 3.63) is 28.7 Å². The molecule has 0 bridgehead atoms. The predicted molar refractivity (Wildman–Crippen MR) is 51.3 cm³/mol. The van der Waals surface area contributed by atoms with Crippen LogP contribution in [0.25, 0.3) is 0 Å². The van der Waals surface area contributed by atoms with Crippen LogP contribution in [0.15, 0.2) is 28.7 Å². The lowest BCUT2D eigenvalue weighted by Gasteiger charge is -2.11. The zero-order chi connectivity index (χ0) is 8.97. The Hall–Kier alpha value is -0.540. The second-order valence-electron chi connectivity index (χ2n) is 2.56. The van der Waals surface area contributed by atoms with Crippen molar-refractivity contribution >= 4 is 15.9 Å². The van der Waals surface area contributed by atoms with Gasteiger partial charge < -0.3 is 9.84 Å². The molecular weight excluding hydrogens is 220 g/mol. The van der Waals surface area contributed by atoms with Gasteiger partial charge in [-0.05, 0) is 31.2 Å². The second kappa shape index (κ2) is 4.48. The summed E-state index contributed by atoms with van der Waals surface area (Å²) in [5.41, 5.74) is 0. The first-order valence-corrected chi connectivity index (χ1v) is 4.55. The Kier molecular flexibility index (Phi) is 3.56. The highest BCUT2D eigenvalue weighted by Crippen LogP contribution is 2.16. The van der Waals surface area contributed by atoms with Crippen LogP contribution in [0.2, 0.25) is 0 Å². The maximum absolute atomic E-state index is 8.72. The molecule has 0 heterocycles. The Morgan fingerprint density at radius 3 is 2.50 bits per heavy atom. The first-order chi connectivity index (χ1) is 5.72. The number of rotatable bonds is 3. The SMILES string of the molecule is CC(CO)Oc1ccc(Br)cc1. The van der Waals surface area contributed by atoms with Gasteiger partial charge in [0, 0.05) is 4.47 Å². The predicted octanol–water partition coefficient (Wildman–Crippen LogP) is 2.21. The Morgan fingerprint density at radius 2 is 2.00 bits per heavy atom. The highest BCUT2D eigenvalue weighted by atomic mass is 79.9. The van der Waals surface area contributed by atoms with E-state index in [1.807, 2.05) is 31.2 Å². The lowest BCUT2D eigenvalue weighted by Crippen LogP contribution is -2.15. The minimum absolute atomic E-state index is 0.0378. The van der Waals surface area contributed by atoms with E-state index in [4.69, 9.17) is 9.84 Å². The molecule has 1 aromatic carbocycles. The summed E-state index contributed by atoms with van der Waals surface area (Å²) in [6, 6.07) is 7.52. The van der Waals surface area contributed by atoms with Crippen molar-refractivity contribution in [2.75, 3.05) is 6.61 Å². The van der Waals surface area contributed by atoms with Crippen molar-refractivity contribution in [2.24, 2.45) is 0 Å². The molecule has 12 heavy (non-hydrogen) atoms.